The summed E-state index contributed by atoms with van der Waals surface area (Å²) in [6.45, 7) is 1.39. The third kappa shape index (κ3) is 2.36. The molecule has 106 valence electrons. The summed E-state index contributed by atoms with van der Waals surface area (Å²) in [5.74, 6) is -1.31. The Hall–Kier alpha value is -2.38. The van der Waals surface area contributed by atoms with E-state index in [1.54, 1.807) is 0 Å². The van der Waals surface area contributed by atoms with Crippen molar-refractivity contribution in [1.82, 2.24) is 9.55 Å². The van der Waals surface area contributed by atoms with Gasteiger partial charge in [-0.05, 0) is 19.1 Å². The van der Waals surface area contributed by atoms with Gasteiger partial charge in [-0.3, -0.25) is 4.79 Å². The van der Waals surface area contributed by atoms with Crippen molar-refractivity contribution in [2.45, 2.75) is 13.1 Å². The summed E-state index contributed by atoms with van der Waals surface area (Å²) < 4.78 is 52.4. The van der Waals surface area contributed by atoms with E-state index in [0.29, 0.717) is 6.07 Å². The molecule has 0 bridgehead atoms. The van der Waals surface area contributed by atoms with Crippen LogP contribution in [-0.4, -0.2) is 9.55 Å². The number of para-hydroxylation sites is 1. The SMILES string of the molecule is Cc1cc(=O)n(-c2c(F)cccc2C(F)(F)F)c(=O)[nH]1. The molecule has 1 N–H and O–H groups in total. The number of hydrogen-bond acceptors (Lipinski definition) is 2. The van der Waals surface area contributed by atoms with Crippen LogP contribution in [0.5, 0.6) is 0 Å². The van der Waals surface area contributed by atoms with Crippen LogP contribution in [0.4, 0.5) is 17.6 Å². The van der Waals surface area contributed by atoms with E-state index < -0.39 is 34.5 Å². The summed E-state index contributed by atoms with van der Waals surface area (Å²) in [7, 11) is 0. The van der Waals surface area contributed by atoms with Crippen molar-refractivity contribution in [3.8, 4) is 5.69 Å². The maximum absolute atomic E-state index is 13.7. The molecule has 0 radical (unpaired) electrons. The van der Waals surface area contributed by atoms with Gasteiger partial charge in [-0.2, -0.15) is 13.2 Å². The Morgan fingerprint density at radius 2 is 1.85 bits per heavy atom. The Kier molecular flexibility index (Phi) is 3.24. The van der Waals surface area contributed by atoms with Gasteiger partial charge in [0.2, 0.25) is 0 Å². The number of aromatic amines is 1. The number of hydrogen-bond donors (Lipinski definition) is 1. The molecule has 0 aliphatic carbocycles. The van der Waals surface area contributed by atoms with Crippen molar-refractivity contribution >= 4 is 0 Å². The first kappa shape index (κ1) is 14.0. The first-order chi connectivity index (χ1) is 9.21. The predicted octanol–water partition coefficient (Wildman–Crippen LogP) is 1.99. The minimum absolute atomic E-state index is 0.130. The molecular formula is C12H8F4N2O2. The molecule has 0 saturated carbocycles. The Morgan fingerprint density at radius 1 is 1.20 bits per heavy atom. The highest BCUT2D eigenvalue weighted by atomic mass is 19.4. The average Bonchev–Trinajstić information content (AvgIpc) is 2.28. The summed E-state index contributed by atoms with van der Waals surface area (Å²) in [6, 6.07) is 3.11. The molecule has 1 aromatic heterocycles. The molecule has 1 aromatic carbocycles. The van der Waals surface area contributed by atoms with Crippen molar-refractivity contribution in [3.05, 3.63) is 62.2 Å². The van der Waals surface area contributed by atoms with Gasteiger partial charge in [0.05, 0.1) is 5.56 Å². The van der Waals surface area contributed by atoms with Gasteiger partial charge < -0.3 is 4.98 Å². The van der Waals surface area contributed by atoms with Crippen molar-refractivity contribution in [2.75, 3.05) is 0 Å². The Morgan fingerprint density at radius 3 is 2.40 bits per heavy atom. The molecule has 0 unspecified atom stereocenters. The normalized spacial score (nSPS) is 11.7. The highest BCUT2D eigenvalue weighted by molar-refractivity contribution is 5.44. The summed E-state index contributed by atoms with van der Waals surface area (Å²) in [5, 5.41) is 0. The van der Waals surface area contributed by atoms with Gasteiger partial charge in [-0.25, -0.2) is 13.8 Å². The number of benzene rings is 1. The quantitative estimate of drug-likeness (QED) is 0.816. The predicted molar refractivity (Wildman–Crippen MR) is 62.4 cm³/mol. The second-order valence-corrected chi connectivity index (χ2v) is 4.06. The largest absolute Gasteiger partial charge is 0.418 e. The standard InChI is InChI=1S/C12H8F4N2O2/c1-6-5-9(19)18(11(20)17-6)10-7(12(14,15)16)3-2-4-8(10)13/h2-5H,1H3,(H,17,20). The van der Waals surface area contributed by atoms with E-state index in [0.717, 1.165) is 18.2 Å². The van der Waals surface area contributed by atoms with Gasteiger partial charge in [0.1, 0.15) is 11.5 Å². The molecule has 4 nitrogen and oxygen atoms in total. The third-order valence-electron chi connectivity index (χ3n) is 2.58. The van der Waals surface area contributed by atoms with Crippen molar-refractivity contribution < 1.29 is 17.6 Å². The zero-order chi connectivity index (χ0) is 15.1. The lowest BCUT2D eigenvalue weighted by atomic mass is 10.1. The van der Waals surface area contributed by atoms with Gasteiger partial charge >= 0.3 is 11.9 Å². The van der Waals surface area contributed by atoms with Crippen LogP contribution in [0.3, 0.4) is 0 Å². The molecule has 0 aliphatic heterocycles. The highest BCUT2D eigenvalue weighted by Gasteiger charge is 2.36. The molecule has 0 fully saturated rings. The van der Waals surface area contributed by atoms with E-state index in [9.17, 15) is 27.2 Å². The molecule has 2 rings (SSSR count). The number of aromatic nitrogens is 2. The number of rotatable bonds is 1. The molecule has 2 aromatic rings. The monoisotopic (exact) mass is 288 g/mol. The van der Waals surface area contributed by atoms with Crippen molar-refractivity contribution in [2.24, 2.45) is 0 Å². The van der Waals surface area contributed by atoms with Crippen LogP contribution in [-0.2, 0) is 6.18 Å². The van der Waals surface area contributed by atoms with Gasteiger partial charge in [0.25, 0.3) is 5.56 Å². The average molecular weight is 288 g/mol. The van der Waals surface area contributed by atoms with E-state index in [2.05, 4.69) is 4.98 Å². The molecule has 0 saturated heterocycles. The van der Waals surface area contributed by atoms with Crippen LogP contribution in [0.25, 0.3) is 5.69 Å². The number of nitrogens with one attached hydrogen (secondary N) is 1. The van der Waals surface area contributed by atoms with E-state index in [-0.39, 0.29) is 10.3 Å². The maximum Gasteiger partial charge on any atom is 0.418 e. The lowest BCUT2D eigenvalue weighted by Gasteiger charge is -2.14. The Balaban J connectivity index is 2.91. The van der Waals surface area contributed by atoms with Crippen LogP contribution >= 0.6 is 0 Å². The molecule has 0 amide bonds. The Bertz CT molecular complexity index is 743. The smallest absolute Gasteiger partial charge is 0.311 e. The Labute approximate surface area is 109 Å². The summed E-state index contributed by atoms with van der Waals surface area (Å²) in [6.07, 6.45) is -4.89. The molecule has 1 heterocycles. The zero-order valence-corrected chi connectivity index (χ0v) is 10.1. The minimum Gasteiger partial charge on any atom is -0.311 e. The van der Waals surface area contributed by atoms with E-state index >= 15 is 0 Å². The first-order valence-corrected chi connectivity index (χ1v) is 5.41. The van der Waals surface area contributed by atoms with E-state index in [1.807, 2.05) is 0 Å². The third-order valence-corrected chi connectivity index (χ3v) is 2.58. The molecule has 0 aliphatic rings. The fourth-order valence-corrected chi connectivity index (χ4v) is 1.79. The van der Waals surface area contributed by atoms with Crippen LogP contribution < -0.4 is 11.2 Å². The van der Waals surface area contributed by atoms with Crippen molar-refractivity contribution in [3.63, 3.8) is 0 Å². The molecule has 8 heteroatoms. The zero-order valence-electron chi connectivity index (χ0n) is 10.1. The number of nitrogens with zero attached hydrogens (tertiary/aromatic N) is 1. The van der Waals surface area contributed by atoms with Gasteiger partial charge in [-0.15, -0.1) is 0 Å². The molecule has 20 heavy (non-hydrogen) atoms. The number of H-pyrrole nitrogens is 1. The van der Waals surface area contributed by atoms with Crippen LogP contribution in [0, 0.1) is 12.7 Å². The van der Waals surface area contributed by atoms with Gasteiger partial charge in [0, 0.05) is 11.8 Å². The van der Waals surface area contributed by atoms with Crippen molar-refractivity contribution in [1.29, 1.82) is 0 Å². The molecule has 0 spiro atoms. The second-order valence-electron chi connectivity index (χ2n) is 4.06. The fraction of sp³-hybridized carbons (Fsp3) is 0.167. The van der Waals surface area contributed by atoms with Gasteiger partial charge in [-0.1, -0.05) is 6.07 Å². The number of alkyl halides is 3. The fourth-order valence-electron chi connectivity index (χ4n) is 1.79. The van der Waals surface area contributed by atoms with Crippen LogP contribution in [0.15, 0.2) is 33.9 Å². The summed E-state index contributed by atoms with van der Waals surface area (Å²) >= 11 is 0. The van der Waals surface area contributed by atoms with Crippen LogP contribution in [0.1, 0.15) is 11.3 Å². The highest BCUT2D eigenvalue weighted by Crippen LogP contribution is 2.34. The lowest BCUT2D eigenvalue weighted by Crippen LogP contribution is -2.35. The summed E-state index contributed by atoms with van der Waals surface area (Å²) in [5.41, 5.74) is -4.51. The second kappa shape index (κ2) is 4.62. The topological polar surface area (TPSA) is 54.9 Å². The van der Waals surface area contributed by atoms with E-state index in [1.165, 1.54) is 6.92 Å². The maximum atomic E-state index is 13.7. The number of halogens is 4. The lowest BCUT2D eigenvalue weighted by molar-refractivity contribution is -0.137. The van der Waals surface area contributed by atoms with E-state index in [4.69, 9.17) is 0 Å². The molecule has 0 atom stereocenters. The summed E-state index contributed by atoms with van der Waals surface area (Å²) in [4.78, 5) is 25.5. The molecular weight excluding hydrogens is 280 g/mol. The minimum atomic E-state index is -4.89. The van der Waals surface area contributed by atoms with Gasteiger partial charge in [0.15, 0.2) is 0 Å². The van der Waals surface area contributed by atoms with Crippen LogP contribution in [0.2, 0.25) is 0 Å². The first-order valence-electron chi connectivity index (χ1n) is 5.41. The number of aryl methyl sites for hydroxylation is 1.